The maximum Gasteiger partial charge on any atom is 0.106 e. The van der Waals surface area contributed by atoms with Gasteiger partial charge in [-0.15, -0.1) is 0 Å². The maximum absolute atomic E-state index is 4.80. The molecule has 0 saturated carbocycles. The quantitative estimate of drug-likeness (QED) is 0.535. The van der Waals surface area contributed by atoms with Crippen LogP contribution in [-0.4, -0.2) is 19.7 Å². The molecule has 0 atom stereocenters. The molecular formula is C8H14N2O. The molecule has 2 rings (SSSR count). The highest BCUT2D eigenvalue weighted by molar-refractivity contribution is 5.02. The Balaban J connectivity index is 0.000000112. The summed E-state index contributed by atoms with van der Waals surface area (Å²) in [5.41, 5.74) is 5.94. The van der Waals surface area contributed by atoms with Crippen molar-refractivity contribution in [2.24, 2.45) is 0 Å². The van der Waals surface area contributed by atoms with Crippen LogP contribution in [0.1, 0.15) is 6.42 Å². The first kappa shape index (κ1) is 8.30. The summed E-state index contributed by atoms with van der Waals surface area (Å²) < 4.78 is 4.80. The van der Waals surface area contributed by atoms with Crippen molar-refractivity contribution >= 4 is 0 Å². The molecular weight excluding hydrogens is 140 g/mol. The number of ether oxygens (including phenoxy) is 1. The Morgan fingerprint density at radius 2 is 1.91 bits per heavy atom. The van der Waals surface area contributed by atoms with E-state index in [0.29, 0.717) is 0 Å². The van der Waals surface area contributed by atoms with Crippen LogP contribution in [0.25, 0.3) is 0 Å². The summed E-state index contributed by atoms with van der Waals surface area (Å²) in [7, 11) is 0. The second-order valence-electron chi connectivity index (χ2n) is 2.30. The second kappa shape index (κ2) is 5.95. The average molecular weight is 154 g/mol. The summed E-state index contributed by atoms with van der Waals surface area (Å²) in [6, 6.07) is 0. The van der Waals surface area contributed by atoms with Crippen LogP contribution in [0.3, 0.4) is 0 Å². The van der Waals surface area contributed by atoms with Crippen molar-refractivity contribution in [3.05, 3.63) is 24.5 Å². The van der Waals surface area contributed by atoms with Crippen LogP contribution in [0.4, 0.5) is 0 Å². The van der Waals surface area contributed by atoms with Crippen molar-refractivity contribution < 1.29 is 4.74 Å². The van der Waals surface area contributed by atoms with E-state index in [1.807, 2.05) is 18.2 Å². The first-order valence-corrected chi connectivity index (χ1v) is 3.89. The summed E-state index contributed by atoms with van der Waals surface area (Å²) in [5, 5.41) is 0. The molecule has 2 aliphatic rings. The Morgan fingerprint density at radius 3 is 2.09 bits per heavy atom. The molecule has 2 N–H and O–H groups in total. The van der Waals surface area contributed by atoms with Gasteiger partial charge in [-0.2, -0.15) is 0 Å². The van der Waals surface area contributed by atoms with E-state index in [2.05, 4.69) is 10.9 Å². The lowest BCUT2D eigenvalue weighted by Gasteiger charge is -1.94. The van der Waals surface area contributed by atoms with Gasteiger partial charge in [0.1, 0.15) is 6.61 Å². The molecule has 0 aromatic rings. The molecule has 0 bridgehead atoms. The SMILES string of the molecule is C1=CCOC=C1.C1CNNC1. The average Bonchev–Trinajstić information content (AvgIpc) is 2.64. The van der Waals surface area contributed by atoms with E-state index in [1.54, 1.807) is 6.26 Å². The van der Waals surface area contributed by atoms with Crippen LogP contribution in [0, 0.1) is 0 Å². The summed E-state index contributed by atoms with van der Waals surface area (Å²) >= 11 is 0. The van der Waals surface area contributed by atoms with Crippen molar-refractivity contribution in [1.82, 2.24) is 10.9 Å². The van der Waals surface area contributed by atoms with E-state index >= 15 is 0 Å². The van der Waals surface area contributed by atoms with Crippen LogP contribution in [-0.2, 0) is 4.74 Å². The molecule has 0 radical (unpaired) electrons. The van der Waals surface area contributed by atoms with Crippen molar-refractivity contribution in [3.63, 3.8) is 0 Å². The molecule has 0 amide bonds. The molecule has 62 valence electrons. The molecule has 3 nitrogen and oxygen atoms in total. The van der Waals surface area contributed by atoms with Gasteiger partial charge in [-0.25, -0.2) is 0 Å². The van der Waals surface area contributed by atoms with Gasteiger partial charge in [0.25, 0.3) is 0 Å². The Kier molecular flexibility index (Phi) is 4.49. The molecule has 2 aliphatic heterocycles. The summed E-state index contributed by atoms with van der Waals surface area (Å²) in [6.07, 6.45) is 8.74. The highest BCUT2D eigenvalue weighted by Crippen LogP contribution is 1.87. The van der Waals surface area contributed by atoms with E-state index in [0.717, 1.165) is 19.7 Å². The predicted octanol–water partition coefficient (Wildman–Crippen LogP) is 0.571. The smallest absolute Gasteiger partial charge is 0.106 e. The van der Waals surface area contributed by atoms with Crippen molar-refractivity contribution in [2.75, 3.05) is 19.7 Å². The van der Waals surface area contributed by atoms with Crippen molar-refractivity contribution in [1.29, 1.82) is 0 Å². The van der Waals surface area contributed by atoms with Gasteiger partial charge in [0.05, 0.1) is 6.26 Å². The molecule has 11 heavy (non-hydrogen) atoms. The van der Waals surface area contributed by atoms with Crippen LogP contribution >= 0.6 is 0 Å². The molecule has 1 saturated heterocycles. The Morgan fingerprint density at radius 1 is 1.09 bits per heavy atom. The van der Waals surface area contributed by atoms with Crippen LogP contribution in [0.15, 0.2) is 24.5 Å². The van der Waals surface area contributed by atoms with Gasteiger partial charge in [0.2, 0.25) is 0 Å². The largest absolute Gasteiger partial charge is 0.497 e. The monoisotopic (exact) mass is 154 g/mol. The highest BCUT2D eigenvalue weighted by Gasteiger charge is 1.91. The summed E-state index contributed by atoms with van der Waals surface area (Å²) in [6.45, 7) is 3.01. The normalized spacial score (nSPS) is 20.4. The lowest BCUT2D eigenvalue weighted by Crippen LogP contribution is -2.21. The zero-order valence-electron chi connectivity index (χ0n) is 6.55. The molecule has 1 fully saturated rings. The number of allylic oxidation sites excluding steroid dienone is 2. The number of rotatable bonds is 0. The number of hydrogen-bond acceptors (Lipinski definition) is 3. The zero-order chi connectivity index (χ0) is 7.78. The summed E-state index contributed by atoms with van der Waals surface area (Å²) in [5.74, 6) is 0. The van der Waals surface area contributed by atoms with Crippen LogP contribution in [0.2, 0.25) is 0 Å². The number of nitrogens with one attached hydrogen (secondary N) is 2. The van der Waals surface area contributed by atoms with E-state index in [9.17, 15) is 0 Å². The lowest BCUT2D eigenvalue weighted by molar-refractivity contribution is 0.286. The van der Waals surface area contributed by atoms with Crippen LogP contribution < -0.4 is 10.9 Å². The van der Waals surface area contributed by atoms with Gasteiger partial charge in [-0.05, 0) is 18.6 Å². The maximum atomic E-state index is 4.80. The fourth-order valence-electron chi connectivity index (χ4n) is 0.788. The van der Waals surface area contributed by atoms with Gasteiger partial charge in [0.15, 0.2) is 0 Å². The van der Waals surface area contributed by atoms with Gasteiger partial charge >= 0.3 is 0 Å². The van der Waals surface area contributed by atoms with E-state index in [4.69, 9.17) is 4.74 Å². The van der Waals surface area contributed by atoms with Gasteiger partial charge in [-0.1, -0.05) is 6.08 Å². The minimum Gasteiger partial charge on any atom is -0.497 e. The minimum atomic E-state index is 0.733. The van der Waals surface area contributed by atoms with Gasteiger partial charge < -0.3 is 4.74 Å². The van der Waals surface area contributed by atoms with Crippen molar-refractivity contribution in [3.8, 4) is 0 Å². The van der Waals surface area contributed by atoms with E-state index in [-0.39, 0.29) is 0 Å². The number of hydrogen-bond donors (Lipinski definition) is 2. The topological polar surface area (TPSA) is 33.3 Å². The second-order valence-corrected chi connectivity index (χ2v) is 2.30. The zero-order valence-corrected chi connectivity index (χ0v) is 6.55. The van der Waals surface area contributed by atoms with Gasteiger partial charge in [-0.3, -0.25) is 10.9 Å². The fourth-order valence-corrected chi connectivity index (χ4v) is 0.788. The highest BCUT2D eigenvalue weighted by atomic mass is 16.5. The molecule has 3 heteroatoms. The molecule has 0 aromatic heterocycles. The third-order valence-electron chi connectivity index (χ3n) is 1.34. The molecule has 2 heterocycles. The molecule has 0 spiro atoms. The summed E-state index contributed by atoms with van der Waals surface area (Å²) in [4.78, 5) is 0. The first-order chi connectivity index (χ1) is 5.50. The van der Waals surface area contributed by atoms with E-state index in [1.165, 1.54) is 6.42 Å². The Bertz CT molecular complexity index is 119. The third-order valence-corrected chi connectivity index (χ3v) is 1.34. The molecule has 0 aliphatic carbocycles. The Labute approximate surface area is 67.1 Å². The first-order valence-electron chi connectivity index (χ1n) is 3.89. The van der Waals surface area contributed by atoms with Gasteiger partial charge in [0, 0.05) is 13.1 Å². The molecule has 0 aromatic carbocycles. The van der Waals surface area contributed by atoms with Crippen LogP contribution in [0.5, 0.6) is 0 Å². The van der Waals surface area contributed by atoms with E-state index < -0.39 is 0 Å². The fraction of sp³-hybridized carbons (Fsp3) is 0.500. The molecule has 0 unspecified atom stereocenters. The standard InChI is InChI=1S/C5H6O.C3H8N2/c1-2-4-6-5-3-1;1-2-4-5-3-1/h1-4H,5H2;4-5H,1-3H2. The number of hydrazine groups is 1. The van der Waals surface area contributed by atoms with Crippen molar-refractivity contribution in [2.45, 2.75) is 6.42 Å². The lowest BCUT2D eigenvalue weighted by atomic mass is 10.5. The minimum absolute atomic E-state index is 0.733. The Hall–Kier alpha value is -0.800. The predicted molar refractivity (Wildman–Crippen MR) is 44.9 cm³/mol. The third kappa shape index (κ3) is 4.58.